The first kappa shape index (κ1) is 19.2. The molecule has 144 valence electrons. The van der Waals surface area contributed by atoms with Crippen LogP contribution in [0.1, 0.15) is 42.5 Å². The molecule has 0 atom stereocenters. The van der Waals surface area contributed by atoms with Gasteiger partial charge in [0.2, 0.25) is 0 Å². The van der Waals surface area contributed by atoms with Gasteiger partial charge in [0, 0.05) is 12.1 Å². The summed E-state index contributed by atoms with van der Waals surface area (Å²) in [6.07, 6.45) is 5.51. The summed E-state index contributed by atoms with van der Waals surface area (Å²) in [4.78, 5) is 12.1. The van der Waals surface area contributed by atoms with Crippen molar-refractivity contribution < 1.29 is 19.0 Å². The molecule has 0 saturated heterocycles. The fourth-order valence-electron chi connectivity index (χ4n) is 3.57. The second-order valence-electron chi connectivity index (χ2n) is 7.21. The fourth-order valence-corrected chi connectivity index (χ4v) is 3.57. The third kappa shape index (κ3) is 5.71. The zero-order valence-corrected chi connectivity index (χ0v) is 15.4. The van der Waals surface area contributed by atoms with Crippen molar-refractivity contribution in [2.45, 2.75) is 32.1 Å². The molecule has 0 heterocycles. The number of halogens is 1. The van der Waals surface area contributed by atoms with E-state index >= 15 is 0 Å². The first-order valence-corrected chi connectivity index (χ1v) is 9.56. The number of carbonyl (C=O) groups excluding carboxylic acids is 1. The number of benzene rings is 2. The van der Waals surface area contributed by atoms with Crippen LogP contribution >= 0.6 is 0 Å². The third-order valence-electron chi connectivity index (χ3n) is 5.27. The molecule has 0 radical (unpaired) electrons. The highest BCUT2D eigenvalue weighted by Crippen LogP contribution is 2.30. The second kappa shape index (κ2) is 9.40. The number of phenolic OH excluding ortho intramolecular Hbond substituents is 1. The number of amides is 1. The highest BCUT2D eigenvalue weighted by Gasteiger charge is 2.22. The normalized spacial score (nSPS) is 19.4. The lowest BCUT2D eigenvalue weighted by molar-refractivity contribution is 0.0940. The molecule has 1 fully saturated rings. The molecule has 1 aliphatic rings. The molecule has 0 spiro atoms. The van der Waals surface area contributed by atoms with Crippen molar-refractivity contribution in [2.75, 3.05) is 13.2 Å². The molecule has 3 rings (SSSR count). The van der Waals surface area contributed by atoms with Crippen LogP contribution in [0.3, 0.4) is 0 Å². The van der Waals surface area contributed by atoms with Gasteiger partial charge in [0.25, 0.3) is 5.91 Å². The minimum absolute atomic E-state index is 0.233. The van der Waals surface area contributed by atoms with Gasteiger partial charge >= 0.3 is 0 Å². The van der Waals surface area contributed by atoms with Gasteiger partial charge in [-0.15, -0.1) is 0 Å². The van der Waals surface area contributed by atoms with Gasteiger partial charge in [-0.1, -0.05) is 18.2 Å². The van der Waals surface area contributed by atoms with Gasteiger partial charge in [0.05, 0.1) is 6.61 Å². The fraction of sp³-hybridized carbons (Fsp3) is 0.409. The molecule has 1 aliphatic carbocycles. The zero-order chi connectivity index (χ0) is 19.1. The van der Waals surface area contributed by atoms with Crippen LogP contribution in [-0.2, 0) is 0 Å². The van der Waals surface area contributed by atoms with Gasteiger partial charge in [0.15, 0.2) is 11.6 Å². The zero-order valence-electron chi connectivity index (χ0n) is 15.4. The van der Waals surface area contributed by atoms with Crippen LogP contribution in [0.15, 0.2) is 48.5 Å². The molecule has 27 heavy (non-hydrogen) atoms. The van der Waals surface area contributed by atoms with Crippen molar-refractivity contribution in [3.8, 4) is 11.5 Å². The second-order valence-corrected chi connectivity index (χ2v) is 7.21. The Balaban J connectivity index is 1.34. The Hall–Kier alpha value is -2.56. The molecule has 4 nitrogen and oxygen atoms in total. The Morgan fingerprint density at radius 2 is 1.78 bits per heavy atom. The van der Waals surface area contributed by atoms with E-state index in [0.29, 0.717) is 18.4 Å². The minimum Gasteiger partial charge on any atom is -0.505 e. The van der Waals surface area contributed by atoms with E-state index in [4.69, 9.17) is 4.74 Å². The molecule has 5 heteroatoms. The molecule has 2 aromatic carbocycles. The number of aromatic hydroxyl groups is 1. The van der Waals surface area contributed by atoms with E-state index in [-0.39, 0.29) is 11.5 Å². The van der Waals surface area contributed by atoms with E-state index in [9.17, 15) is 14.3 Å². The van der Waals surface area contributed by atoms with Gasteiger partial charge in [-0.05, 0) is 74.3 Å². The number of carbonyl (C=O) groups is 1. The molecule has 1 amide bonds. The van der Waals surface area contributed by atoms with Crippen molar-refractivity contribution in [1.29, 1.82) is 0 Å². The highest BCUT2D eigenvalue weighted by molar-refractivity contribution is 5.94. The van der Waals surface area contributed by atoms with Gasteiger partial charge < -0.3 is 15.2 Å². The van der Waals surface area contributed by atoms with Crippen LogP contribution in [-0.4, -0.2) is 24.2 Å². The van der Waals surface area contributed by atoms with Crippen LogP contribution in [0.5, 0.6) is 11.5 Å². The van der Waals surface area contributed by atoms with E-state index in [1.807, 2.05) is 30.3 Å². The minimum atomic E-state index is -0.777. The summed E-state index contributed by atoms with van der Waals surface area (Å²) in [5, 5.41) is 12.1. The summed E-state index contributed by atoms with van der Waals surface area (Å²) in [6, 6.07) is 13.6. The lowest BCUT2D eigenvalue weighted by Gasteiger charge is -2.28. The summed E-state index contributed by atoms with van der Waals surface area (Å²) in [5.74, 6) is 0.530. The third-order valence-corrected chi connectivity index (χ3v) is 5.27. The molecule has 0 unspecified atom stereocenters. The summed E-state index contributed by atoms with van der Waals surface area (Å²) in [5.41, 5.74) is 0.233. The molecule has 0 bridgehead atoms. The number of para-hydroxylation sites is 1. The smallest absolute Gasteiger partial charge is 0.251 e. The van der Waals surface area contributed by atoms with Crippen molar-refractivity contribution >= 4 is 5.91 Å². The number of ether oxygens (including phenoxy) is 1. The SMILES string of the molecule is O=C(NCC1CCC(CCOc2ccccc2)CC1)c1ccc(O)c(F)c1. The molecule has 0 aromatic heterocycles. The quantitative estimate of drug-likeness (QED) is 0.751. The van der Waals surface area contributed by atoms with Gasteiger partial charge in [0.1, 0.15) is 5.75 Å². The molecule has 1 saturated carbocycles. The number of phenols is 1. The standard InChI is InChI=1S/C22H26FNO3/c23-20-14-18(10-11-21(20)25)22(26)24-15-17-8-6-16(7-9-17)12-13-27-19-4-2-1-3-5-19/h1-5,10-11,14,16-17,25H,6-9,12-13,15H2,(H,24,26). The Labute approximate surface area is 159 Å². The summed E-state index contributed by atoms with van der Waals surface area (Å²) in [7, 11) is 0. The first-order chi connectivity index (χ1) is 13.1. The van der Waals surface area contributed by atoms with Crippen molar-refractivity contribution in [2.24, 2.45) is 11.8 Å². The van der Waals surface area contributed by atoms with Crippen LogP contribution in [0, 0.1) is 17.7 Å². The van der Waals surface area contributed by atoms with E-state index in [2.05, 4.69) is 5.32 Å². The monoisotopic (exact) mass is 371 g/mol. The molecule has 0 aliphatic heterocycles. The van der Waals surface area contributed by atoms with E-state index in [1.165, 1.54) is 12.1 Å². The maximum atomic E-state index is 13.3. The topological polar surface area (TPSA) is 58.6 Å². The van der Waals surface area contributed by atoms with Gasteiger partial charge in [-0.2, -0.15) is 0 Å². The number of hydrogen-bond donors (Lipinski definition) is 2. The Morgan fingerprint density at radius 1 is 1.07 bits per heavy atom. The number of hydrogen-bond acceptors (Lipinski definition) is 3. The van der Waals surface area contributed by atoms with Gasteiger partial charge in [-0.25, -0.2) is 4.39 Å². The van der Waals surface area contributed by atoms with Crippen molar-refractivity contribution in [3.05, 3.63) is 59.9 Å². The van der Waals surface area contributed by atoms with Crippen molar-refractivity contribution in [3.63, 3.8) is 0 Å². The molecule has 2 N–H and O–H groups in total. The Kier molecular flexibility index (Phi) is 6.69. The summed E-state index contributed by atoms with van der Waals surface area (Å²) < 4.78 is 19.1. The van der Waals surface area contributed by atoms with E-state index in [1.54, 1.807) is 0 Å². The van der Waals surface area contributed by atoms with Crippen LogP contribution in [0.2, 0.25) is 0 Å². The highest BCUT2D eigenvalue weighted by atomic mass is 19.1. The lowest BCUT2D eigenvalue weighted by Crippen LogP contribution is -2.31. The van der Waals surface area contributed by atoms with E-state index < -0.39 is 11.6 Å². The predicted octanol–water partition coefficient (Wildman–Crippen LogP) is 4.54. The number of nitrogens with one attached hydrogen (secondary N) is 1. The van der Waals surface area contributed by atoms with Crippen LogP contribution in [0.4, 0.5) is 4.39 Å². The summed E-state index contributed by atoms with van der Waals surface area (Å²) in [6.45, 7) is 1.34. The maximum absolute atomic E-state index is 13.3. The number of rotatable bonds is 7. The average Bonchev–Trinajstić information content (AvgIpc) is 2.70. The van der Waals surface area contributed by atoms with Crippen molar-refractivity contribution in [1.82, 2.24) is 5.32 Å². The largest absolute Gasteiger partial charge is 0.505 e. The van der Waals surface area contributed by atoms with Gasteiger partial charge in [-0.3, -0.25) is 4.79 Å². The van der Waals surface area contributed by atoms with Crippen LogP contribution in [0.25, 0.3) is 0 Å². The Bertz CT molecular complexity index is 742. The first-order valence-electron chi connectivity index (χ1n) is 9.56. The molecular formula is C22H26FNO3. The molecule has 2 aromatic rings. The Morgan fingerprint density at radius 3 is 2.48 bits per heavy atom. The molecular weight excluding hydrogens is 345 g/mol. The average molecular weight is 371 g/mol. The summed E-state index contributed by atoms with van der Waals surface area (Å²) >= 11 is 0. The van der Waals surface area contributed by atoms with E-state index in [0.717, 1.165) is 50.5 Å². The lowest BCUT2D eigenvalue weighted by atomic mass is 9.80. The van der Waals surface area contributed by atoms with Crippen LogP contribution < -0.4 is 10.1 Å². The predicted molar refractivity (Wildman–Crippen MR) is 102 cm³/mol. The maximum Gasteiger partial charge on any atom is 0.251 e.